The van der Waals surface area contributed by atoms with Gasteiger partial charge in [0, 0.05) is 13.0 Å². The molecule has 1 rings (SSSR count). The van der Waals surface area contributed by atoms with Crippen LogP contribution in [-0.4, -0.2) is 41.3 Å². The lowest BCUT2D eigenvalue weighted by Gasteiger charge is -2.22. The molecular weight excluding hydrogens is 310 g/mol. The van der Waals surface area contributed by atoms with Crippen LogP contribution in [0.15, 0.2) is 24.3 Å². The highest BCUT2D eigenvalue weighted by Crippen LogP contribution is 2.14. The van der Waals surface area contributed by atoms with Crippen molar-refractivity contribution >= 4 is 11.9 Å². The van der Waals surface area contributed by atoms with E-state index in [1.54, 1.807) is 13.0 Å². The summed E-state index contributed by atoms with van der Waals surface area (Å²) in [5.74, 6) is -0.996. The highest BCUT2D eigenvalue weighted by Gasteiger charge is 2.24. The molecule has 0 fully saturated rings. The lowest BCUT2D eigenvalue weighted by Crippen LogP contribution is -2.47. The molecule has 1 aromatic carbocycles. The molecule has 0 aliphatic carbocycles. The number of amides is 1. The van der Waals surface area contributed by atoms with Crippen LogP contribution in [0.3, 0.4) is 0 Å². The van der Waals surface area contributed by atoms with E-state index in [9.17, 15) is 14.7 Å². The van der Waals surface area contributed by atoms with Crippen molar-refractivity contribution in [1.29, 1.82) is 0 Å². The van der Waals surface area contributed by atoms with E-state index in [1.165, 1.54) is 0 Å². The summed E-state index contributed by atoms with van der Waals surface area (Å²) in [6, 6.07) is 6.31. The van der Waals surface area contributed by atoms with Crippen molar-refractivity contribution < 1.29 is 24.2 Å². The van der Waals surface area contributed by atoms with E-state index < -0.39 is 24.0 Å². The van der Waals surface area contributed by atoms with Gasteiger partial charge in [-0.2, -0.15) is 0 Å². The molecule has 0 bridgehead atoms. The fourth-order valence-corrected chi connectivity index (χ4v) is 1.98. The molecule has 2 atom stereocenters. The largest absolute Gasteiger partial charge is 0.481 e. The molecule has 6 nitrogen and oxygen atoms in total. The second-order valence-electron chi connectivity index (χ2n) is 6.73. The Balaban J connectivity index is 2.56. The lowest BCUT2D eigenvalue weighted by molar-refractivity contribution is -0.143. The predicted octanol–water partition coefficient (Wildman–Crippen LogP) is 2.54. The monoisotopic (exact) mass is 337 g/mol. The summed E-state index contributed by atoms with van der Waals surface area (Å²) in [6.07, 6.45) is -0.604. The number of nitrogens with one attached hydrogen (secondary N) is 1. The first-order valence-electron chi connectivity index (χ1n) is 7.99. The lowest BCUT2D eigenvalue weighted by atomic mass is 10.1. The van der Waals surface area contributed by atoms with Gasteiger partial charge in [-0.1, -0.05) is 12.1 Å². The molecule has 0 heterocycles. The van der Waals surface area contributed by atoms with Crippen molar-refractivity contribution in [2.24, 2.45) is 0 Å². The molecule has 2 unspecified atom stereocenters. The van der Waals surface area contributed by atoms with E-state index in [-0.39, 0.29) is 18.6 Å². The standard InChI is InChI=1S/C18H27NO5/c1-12-7-6-8-14(11-12)24-13(2)16(20)19-15(17(21)22)9-10-23-18(3,4)5/h6-8,11,13,15H,9-10H2,1-5H3,(H,19,20)(H,21,22). The van der Waals surface area contributed by atoms with Crippen LogP contribution in [0.25, 0.3) is 0 Å². The minimum absolute atomic E-state index is 0.190. The maximum atomic E-state index is 12.2. The molecule has 24 heavy (non-hydrogen) atoms. The van der Waals surface area contributed by atoms with Crippen molar-refractivity contribution in [2.45, 2.75) is 58.8 Å². The van der Waals surface area contributed by atoms with E-state index in [0.29, 0.717) is 5.75 Å². The number of benzene rings is 1. The Labute approximate surface area is 143 Å². The zero-order valence-electron chi connectivity index (χ0n) is 15.0. The maximum Gasteiger partial charge on any atom is 0.326 e. The smallest absolute Gasteiger partial charge is 0.326 e. The average Bonchev–Trinajstić information content (AvgIpc) is 2.44. The maximum absolute atomic E-state index is 12.2. The molecule has 0 aliphatic heterocycles. The van der Waals surface area contributed by atoms with Crippen molar-refractivity contribution in [2.75, 3.05) is 6.61 Å². The van der Waals surface area contributed by atoms with Crippen LogP contribution in [0.1, 0.15) is 39.7 Å². The highest BCUT2D eigenvalue weighted by molar-refractivity contribution is 5.86. The molecule has 1 amide bonds. The highest BCUT2D eigenvalue weighted by atomic mass is 16.5. The zero-order chi connectivity index (χ0) is 18.3. The number of carboxylic acids is 1. The first-order chi connectivity index (χ1) is 11.1. The average molecular weight is 337 g/mol. The third kappa shape index (κ3) is 7.46. The molecule has 134 valence electrons. The van der Waals surface area contributed by atoms with E-state index >= 15 is 0 Å². The predicted molar refractivity (Wildman–Crippen MR) is 91.2 cm³/mol. The van der Waals surface area contributed by atoms with Crippen LogP contribution in [0, 0.1) is 6.92 Å². The summed E-state index contributed by atoms with van der Waals surface area (Å²) >= 11 is 0. The SMILES string of the molecule is Cc1cccc(OC(C)C(=O)NC(CCOC(C)(C)C)C(=O)O)c1. The summed E-state index contributed by atoms with van der Waals surface area (Å²) in [6.45, 7) is 9.42. The van der Waals surface area contributed by atoms with Crippen LogP contribution >= 0.6 is 0 Å². The summed E-state index contributed by atoms with van der Waals surface area (Å²) in [7, 11) is 0. The van der Waals surface area contributed by atoms with Gasteiger partial charge in [0.2, 0.25) is 0 Å². The number of hydrogen-bond acceptors (Lipinski definition) is 4. The molecule has 6 heteroatoms. The molecule has 0 aliphatic rings. The molecule has 0 saturated heterocycles. The number of rotatable bonds is 8. The molecule has 1 aromatic rings. The first-order valence-corrected chi connectivity index (χ1v) is 7.99. The summed E-state index contributed by atoms with van der Waals surface area (Å²) in [5.41, 5.74) is 0.664. The minimum Gasteiger partial charge on any atom is -0.481 e. The Morgan fingerprint density at radius 1 is 1.29 bits per heavy atom. The number of carbonyl (C=O) groups excluding carboxylic acids is 1. The summed E-state index contributed by atoms with van der Waals surface area (Å²) in [4.78, 5) is 23.5. The van der Waals surface area contributed by atoms with Crippen LogP contribution in [0.5, 0.6) is 5.75 Å². The van der Waals surface area contributed by atoms with Crippen LogP contribution < -0.4 is 10.1 Å². The van der Waals surface area contributed by atoms with E-state index in [2.05, 4.69) is 5.32 Å². The van der Waals surface area contributed by atoms with Gasteiger partial charge >= 0.3 is 5.97 Å². The summed E-state index contributed by atoms with van der Waals surface area (Å²) < 4.78 is 11.1. The van der Waals surface area contributed by atoms with Gasteiger partial charge in [0.05, 0.1) is 5.60 Å². The van der Waals surface area contributed by atoms with Gasteiger partial charge in [-0.05, 0) is 52.3 Å². The van der Waals surface area contributed by atoms with Crippen molar-refractivity contribution in [3.8, 4) is 5.75 Å². The second kappa shape index (κ2) is 8.68. The molecule has 2 N–H and O–H groups in total. The van der Waals surface area contributed by atoms with Gasteiger partial charge in [0.1, 0.15) is 11.8 Å². The molecule has 0 spiro atoms. The van der Waals surface area contributed by atoms with Gasteiger partial charge in [0.25, 0.3) is 5.91 Å². The number of aliphatic carboxylic acids is 1. The Kier molecular flexibility index (Phi) is 7.22. The van der Waals surface area contributed by atoms with Gasteiger partial charge in [-0.15, -0.1) is 0 Å². The van der Waals surface area contributed by atoms with Gasteiger partial charge in [0.15, 0.2) is 6.10 Å². The molecular formula is C18H27NO5. The Bertz CT molecular complexity index is 565. The van der Waals surface area contributed by atoms with E-state index in [1.807, 2.05) is 45.9 Å². The Morgan fingerprint density at radius 2 is 1.96 bits per heavy atom. The van der Waals surface area contributed by atoms with Crippen molar-refractivity contribution in [1.82, 2.24) is 5.32 Å². The van der Waals surface area contributed by atoms with Crippen LogP contribution in [0.2, 0.25) is 0 Å². The van der Waals surface area contributed by atoms with E-state index in [0.717, 1.165) is 5.56 Å². The summed E-state index contributed by atoms with van der Waals surface area (Å²) in [5, 5.41) is 11.7. The second-order valence-corrected chi connectivity index (χ2v) is 6.73. The minimum atomic E-state index is -1.09. The first kappa shape index (κ1) is 20.0. The van der Waals surface area contributed by atoms with Gasteiger partial charge in [-0.25, -0.2) is 4.79 Å². The third-order valence-corrected chi connectivity index (χ3v) is 3.23. The number of ether oxygens (including phenoxy) is 2. The molecule has 0 aromatic heterocycles. The van der Waals surface area contributed by atoms with E-state index in [4.69, 9.17) is 9.47 Å². The molecule has 0 saturated carbocycles. The topological polar surface area (TPSA) is 84.9 Å². The Morgan fingerprint density at radius 3 is 2.50 bits per heavy atom. The number of carbonyl (C=O) groups is 2. The molecule has 0 radical (unpaired) electrons. The number of carboxylic acid groups (broad SMARTS) is 1. The Hall–Kier alpha value is -2.08. The van der Waals surface area contributed by atoms with Gasteiger partial charge < -0.3 is 19.9 Å². The normalized spacial score (nSPS) is 13.9. The van der Waals surface area contributed by atoms with Crippen LogP contribution in [0.4, 0.5) is 0 Å². The third-order valence-electron chi connectivity index (χ3n) is 3.23. The van der Waals surface area contributed by atoms with Crippen molar-refractivity contribution in [3.05, 3.63) is 29.8 Å². The fourth-order valence-electron chi connectivity index (χ4n) is 1.98. The van der Waals surface area contributed by atoms with Crippen molar-refractivity contribution in [3.63, 3.8) is 0 Å². The number of hydrogen-bond donors (Lipinski definition) is 2. The fraction of sp³-hybridized carbons (Fsp3) is 0.556. The van der Waals surface area contributed by atoms with Gasteiger partial charge in [-0.3, -0.25) is 4.79 Å². The van der Waals surface area contributed by atoms with Crippen LogP contribution in [-0.2, 0) is 14.3 Å². The zero-order valence-corrected chi connectivity index (χ0v) is 15.0. The quantitative estimate of drug-likeness (QED) is 0.761. The number of aryl methyl sites for hydroxylation is 1.